The number of hydrogen-bond donors (Lipinski definition) is 2. The first-order chi connectivity index (χ1) is 8.19. The first-order valence-corrected chi connectivity index (χ1v) is 6.55. The molecule has 0 saturated heterocycles. The van der Waals surface area contributed by atoms with Gasteiger partial charge < -0.3 is 10.6 Å². The van der Waals surface area contributed by atoms with Crippen molar-refractivity contribution in [3.05, 3.63) is 11.8 Å². The zero-order valence-corrected chi connectivity index (χ0v) is 11.0. The molecule has 0 aromatic carbocycles. The van der Waals surface area contributed by atoms with E-state index in [0.29, 0.717) is 6.04 Å². The van der Waals surface area contributed by atoms with Gasteiger partial charge in [-0.1, -0.05) is 13.3 Å². The summed E-state index contributed by atoms with van der Waals surface area (Å²) in [5, 5.41) is 6.70. The standard InChI is InChI=1S/C13H22N4/c1-4-14-13-15-10(3)8-12(17-13)16-11-7-5-6-9(11)2/h8-9,11H,4-7H2,1-3H3,(H2,14,15,16,17). The highest BCUT2D eigenvalue weighted by atomic mass is 15.1. The van der Waals surface area contributed by atoms with Gasteiger partial charge in [0.1, 0.15) is 5.82 Å². The van der Waals surface area contributed by atoms with Crippen molar-refractivity contribution >= 4 is 11.8 Å². The van der Waals surface area contributed by atoms with Crippen molar-refractivity contribution in [1.29, 1.82) is 0 Å². The zero-order chi connectivity index (χ0) is 12.3. The van der Waals surface area contributed by atoms with Crippen LogP contribution in [0.15, 0.2) is 6.07 Å². The molecule has 1 aromatic rings. The van der Waals surface area contributed by atoms with Crippen molar-refractivity contribution < 1.29 is 0 Å². The van der Waals surface area contributed by atoms with Crippen LogP contribution in [0.5, 0.6) is 0 Å². The van der Waals surface area contributed by atoms with Crippen LogP contribution in [0.4, 0.5) is 11.8 Å². The number of anilines is 2. The molecule has 2 atom stereocenters. The van der Waals surface area contributed by atoms with Gasteiger partial charge >= 0.3 is 0 Å². The largest absolute Gasteiger partial charge is 0.367 e. The molecule has 1 fully saturated rings. The van der Waals surface area contributed by atoms with Gasteiger partial charge in [0.2, 0.25) is 5.95 Å². The molecular formula is C13H22N4. The van der Waals surface area contributed by atoms with Gasteiger partial charge in [0, 0.05) is 24.3 Å². The van der Waals surface area contributed by atoms with E-state index in [-0.39, 0.29) is 0 Å². The Morgan fingerprint density at radius 1 is 1.35 bits per heavy atom. The summed E-state index contributed by atoms with van der Waals surface area (Å²) in [6, 6.07) is 2.59. The predicted octanol–water partition coefficient (Wildman–Crippen LogP) is 2.82. The minimum atomic E-state index is 0.568. The van der Waals surface area contributed by atoms with Gasteiger partial charge in [-0.15, -0.1) is 0 Å². The zero-order valence-electron chi connectivity index (χ0n) is 11.0. The van der Waals surface area contributed by atoms with Crippen LogP contribution >= 0.6 is 0 Å². The van der Waals surface area contributed by atoms with Crippen LogP contribution in [0.3, 0.4) is 0 Å². The molecule has 0 aliphatic heterocycles. The second-order valence-electron chi connectivity index (χ2n) is 4.91. The number of hydrogen-bond acceptors (Lipinski definition) is 4. The maximum absolute atomic E-state index is 4.49. The molecule has 0 spiro atoms. The molecular weight excluding hydrogens is 212 g/mol. The fourth-order valence-corrected chi connectivity index (χ4v) is 2.43. The third kappa shape index (κ3) is 3.08. The average molecular weight is 234 g/mol. The van der Waals surface area contributed by atoms with E-state index in [2.05, 4.69) is 34.4 Å². The molecule has 4 nitrogen and oxygen atoms in total. The van der Waals surface area contributed by atoms with E-state index in [9.17, 15) is 0 Å². The van der Waals surface area contributed by atoms with Gasteiger partial charge in [0.25, 0.3) is 0 Å². The van der Waals surface area contributed by atoms with Gasteiger partial charge in [-0.2, -0.15) is 4.98 Å². The molecule has 1 saturated carbocycles. The number of aryl methyl sites for hydroxylation is 1. The molecule has 2 unspecified atom stereocenters. The Morgan fingerprint density at radius 2 is 2.18 bits per heavy atom. The third-order valence-electron chi connectivity index (χ3n) is 3.38. The molecule has 94 valence electrons. The summed E-state index contributed by atoms with van der Waals surface area (Å²) in [6.07, 6.45) is 3.89. The SMILES string of the molecule is CCNc1nc(C)cc(NC2CCCC2C)n1. The van der Waals surface area contributed by atoms with Gasteiger partial charge in [0.15, 0.2) is 0 Å². The fraction of sp³-hybridized carbons (Fsp3) is 0.692. The number of rotatable bonds is 4. The quantitative estimate of drug-likeness (QED) is 0.841. The molecule has 0 bridgehead atoms. The second-order valence-corrected chi connectivity index (χ2v) is 4.91. The van der Waals surface area contributed by atoms with Crippen LogP contribution in [0.25, 0.3) is 0 Å². The first kappa shape index (κ1) is 12.1. The van der Waals surface area contributed by atoms with E-state index in [0.717, 1.165) is 29.9 Å². The average Bonchev–Trinajstić information content (AvgIpc) is 2.64. The number of nitrogens with zero attached hydrogens (tertiary/aromatic N) is 2. The Bertz CT molecular complexity index is 378. The summed E-state index contributed by atoms with van der Waals surface area (Å²) in [7, 11) is 0. The lowest BCUT2D eigenvalue weighted by atomic mass is 10.1. The Kier molecular flexibility index (Phi) is 3.82. The van der Waals surface area contributed by atoms with E-state index >= 15 is 0 Å². The lowest BCUT2D eigenvalue weighted by Gasteiger charge is -2.18. The topological polar surface area (TPSA) is 49.8 Å². The van der Waals surface area contributed by atoms with Gasteiger partial charge in [-0.3, -0.25) is 0 Å². The summed E-state index contributed by atoms with van der Waals surface area (Å²) in [5.74, 6) is 2.42. The highest BCUT2D eigenvalue weighted by molar-refractivity contribution is 5.43. The number of nitrogens with one attached hydrogen (secondary N) is 2. The Labute approximate surface area is 103 Å². The maximum atomic E-state index is 4.49. The van der Waals surface area contributed by atoms with Crippen LogP contribution in [-0.2, 0) is 0 Å². The summed E-state index contributed by atoms with van der Waals surface area (Å²) in [4.78, 5) is 8.84. The normalized spacial score (nSPS) is 23.7. The van der Waals surface area contributed by atoms with E-state index in [4.69, 9.17) is 0 Å². The third-order valence-corrected chi connectivity index (χ3v) is 3.38. The van der Waals surface area contributed by atoms with Crippen LogP contribution in [0.2, 0.25) is 0 Å². The van der Waals surface area contributed by atoms with E-state index in [1.165, 1.54) is 19.3 Å². The van der Waals surface area contributed by atoms with Crippen LogP contribution in [-0.4, -0.2) is 22.6 Å². The van der Waals surface area contributed by atoms with E-state index < -0.39 is 0 Å². The molecule has 4 heteroatoms. The molecule has 1 aliphatic rings. The van der Waals surface area contributed by atoms with Gasteiger partial charge in [0.05, 0.1) is 0 Å². The molecule has 2 N–H and O–H groups in total. The summed E-state index contributed by atoms with van der Waals surface area (Å²) in [6.45, 7) is 7.22. The van der Waals surface area contributed by atoms with Crippen LogP contribution in [0.1, 0.15) is 38.8 Å². The van der Waals surface area contributed by atoms with Crippen molar-refractivity contribution in [2.45, 2.75) is 46.1 Å². The smallest absolute Gasteiger partial charge is 0.224 e. The van der Waals surface area contributed by atoms with Gasteiger partial charge in [-0.25, -0.2) is 4.98 Å². The summed E-state index contributed by atoms with van der Waals surface area (Å²) < 4.78 is 0. The van der Waals surface area contributed by atoms with Crippen molar-refractivity contribution in [3.8, 4) is 0 Å². The monoisotopic (exact) mass is 234 g/mol. The lowest BCUT2D eigenvalue weighted by molar-refractivity contribution is 0.555. The minimum absolute atomic E-state index is 0.568. The van der Waals surface area contributed by atoms with E-state index in [1.807, 2.05) is 13.0 Å². The van der Waals surface area contributed by atoms with E-state index in [1.54, 1.807) is 0 Å². The van der Waals surface area contributed by atoms with Crippen LogP contribution < -0.4 is 10.6 Å². The molecule has 17 heavy (non-hydrogen) atoms. The van der Waals surface area contributed by atoms with Crippen molar-refractivity contribution in [1.82, 2.24) is 9.97 Å². The van der Waals surface area contributed by atoms with Crippen LogP contribution in [0, 0.1) is 12.8 Å². The van der Waals surface area contributed by atoms with Crippen molar-refractivity contribution in [2.75, 3.05) is 17.2 Å². The molecule has 0 amide bonds. The molecule has 2 rings (SSSR count). The molecule has 1 aromatic heterocycles. The predicted molar refractivity (Wildman–Crippen MR) is 71.4 cm³/mol. The first-order valence-electron chi connectivity index (χ1n) is 6.55. The highest BCUT2D eigenvalue weighted by Gasteiger charge is 2.23. The van der Waals surface area contributed by atoms with Crippen molar-refractivity contribution in [2.24, 2.45) is 5.92 Å². The minimum Gasteiger partial charge on any atom is -0.367 e. The fourth-order valence-electron chi connectivity index (χ4n) is 2.43. The molecule has 1 heterocycles. The Balaban J connectivity index is 2.09. The Morgan fingerprint density at radius 3 is 2.82 bits per heavy atom. The summed E-state index contributed by atoms with van der Waals surface area (Å²) in [5.41, 5.74) is 1.00. The summed E-state index contributed by atoms with van der Waals surface area (Å²) >= 11 is 0. The number of aromatic nitrogens is 2. The van der Waals surface area contributed by atoms with Gasteiger partial charge in [-0.05, 0) is 32.6 Å². The molecule has 1 aliphatic carbocycles. The lowest BCUT2D eigenvalue weighted by Crippen LogP contribution is -2.22. The van der Waals surface area contributed by atoms with Crippen molar-refractivity contribution in [3.63, 3.8) is 0 Å². The second kappa shape index (κ2) is 5.34. The molecule has 0 radical (unpaired) electrons. The maximum Gasteiger partial charge on any atom is 0.224 e. The highest BCUT2D eigenvalue weighted by Crippen LogP contribution is 2.27. The Hall–Kier alpha value is -1.32.